The molecule has 126 valence electrons. The molecular weight excluding hydrogens is 306 g/mol. The summed E-state index contributed by atoms with van der Waals surface area (Å²) in [6, 6.07) is 11.7. The first-order valence-electron chi connectivity index (χ1n) is 8.08. The van der Waals surface area contributed by atoms with Gasteiger partial charge in [-0.15, -0.1) is 0 Å². The Morgan fingerprint density at radius 3 is 2.25 bits per heavy atom. The van der Waals surface area contributed by atoms with E-state index in [0.29, 0.717) is 37.2 Å². The van der Waals surface area contributed by atoms with Crippen LogP contribution in [0.25, 0.3) is 10.8 Å². The fourth-order valence-electron chi connectivity index (χ4n) is 3.21. The van der Waals surface area contributed by atoms with Gasteiger partial charge in [0.25, 0.3) is 5.91 Å². The van der Waals surface area contributed by atoms with Crippen molar-refractivity contribution in [2.45, 2.75) is 12.8 Å². The fraction of sp³-hybridized carbons (Fsp3) is 0.368. The number of amides is 1. The molecule has 0 N–H and O–H groups in total. The third-order valence-corrected chi connectivity index (χ3v) is 4.61. The van der Waals surface area contributed by atoms with Crippen LogP contribution in [0.5, 0.6) is 5.75 Å². The Morgan fingerprint density at radius 2 is 1.67 bits per heavy atom. The van der Waals surface area contributed by atoms with Gasteiger partial charge in [-0.3, -0.25) is 9.59 Å². The third kappa shape index (κ3) is 3.07. The molecule has 1 heterocycles. The van der Waals surface area contributed by atoms with Crippen LogP contribution in [0, 0.1) is 5.92 Å². The number of hydrogen-bond acceptors (Lipinski definition) is 4. The van der Waals surface area contributed by atoms with E-state index in [0.717, 1.165) is 10.8 Å². The molecule has 1 amide bonds. The number of carbonyl (C=O) groups excluding carboxylic acids is 2. The highest BCUT2D eigenvalue weighted by Gasteiger charge is 2.29. The minimum Gasteiger partial charge on any atom is -0.496 e. The van der Waals surface area contributed by atoms with Crippen molar-refractivity contribution in [3.63, 3.8) is 0 Å². The molecule has 5 heteroatoms. The number of rotatable bonds is 3. The molecule has 2 aromatic rings. The Labute approximate surface area is 141 Å². The fourth-order valence-corrected chi connectivity index (χ4v) is 3.21. The first kappa shape index (κ1) is 16.3. The molecule has 0 unspecified atom stereocenters. The molecule has 24 heavy (non-hydrogen) atoms. The smallest absolute Gasteiger partial charge is 0.308 e. The van der Waals surface area contributed by atoms with Crippen molar-refractivity contribution in [2.24, 2.45) is 5.92 Å². The van der Waals surface area contributed by atoms with Gasteiger partial charge in [-0.2, -0.15) is 0 Å². The summed E-state index contributed by atoms with van der Waals surface area (Å²) in [5, 5.41) is 2.04. The molecule has 0 aromatic heterocycles. The summed E-state index contributed by atoms with van der Waals surface area (Å²) in [6.07, 6.45) is 1.27. The summed E-state index contributed by atoms with van der Waals surface area (Å²) in [5.41, 5.74) is 0.563. The Balaban J connectivity index is 1.82. The molecule has 3 rings (SSSR count). The third-order valence-electron chi connectivity index (χ3n) is 4.61. The lowest BCUT2D eigenvalue weighted by molar-refractivity contribution is -0.146. The van der Waals surface area contributed by atoms with Crippen LogP contribution in [-0.2, 0) is 9.53 Å². The average molecular weight is 327 g/mol. The van der Waals surface area contributed by atoms with E-state index >= 15 is 0 Å². The van der Waals surface area contributed by atoms with Gasteiger partial charge in [-0.1, -0.05) is 24.3 Å². The summed E-state index contributed by atoms with van der Waals surface area (Å²) in [5.74, 6) is 0.220. The first-order chi connectivity index (χ1) is 11.6. The van der Waals surface area contributed by atoms with Crippen LogP contribution in [0.4, 0.5) is 0 Å². The van der Waals surface area contributed by atoms with E-state index in [4.69, 9.17) is 9.47 Å². The number of piperidine rings is 1. The number of esters is 1. The predicted octanol–water partition coefficient (Wildman–Crippen LogP) is 2.87. The van der Waals surface area contributed by atoms with Crippen molar-refractivity contribution >= 4 is 22.6 Å². The maximum absolute atomic E-state index is 12.9. The molecular formula is C19H21NO4. The van der Waals surface area contributed by atoms with Gasteiger partial charge < -0.3 is 14.4 Å². The summed E-state index contributed by atoms with van der Waals surface area (Å²) in [6.45, 7) is 1.10. The van der Waals surface area contributed by atoms with E-state index in [1.807, 2.05) is 36.4 Å². The Morgan fingerprint density at radius 1 is 1.04 bits per heavy atom. The summed E-state index contributed by atoms with van der Waals surface area (Å²) in [7, 11) is 2.98. The number of likely N-dealkylation sites (tertiary alicyclic amines) is 1. The van der Waals surface area contributed by atoms with Crippen LogP contribution in [0.3, 0.4) is 0 Å². The second kappa shape index (κ2) is 6.91. The maximum Gasteiger partial charge on any atom is 0.308 e. The first-order valence-corrected chi connectivity index (χ1v) is 8.08. The van der Waals surface area contributed by atoms with E-state index in [1.54, 1.807) is 12.0 Å². The number of nitrogens with zero attached hydrogens (tertiary/aromatic N) is 1. The minimum absolute atomic E-state index is 0.0547. The number of methoxy groups -OCH3 is 2. The topological polar surface area (TPSA) is 55.8 Å². The molecule has 0 saturated carbocycles. The molecule has 1 saturated heterocycles. The van der Waals surface area contributed by atoms with Crippen molar-refractivity contribution in [1.29, 1.82) is 0 Å². The van der Waals surface area contributed by atoms with Gasteiger partial charge in [0.2, 0.25) is 0 Å². The van der Waals surface area contributed by atoms with Crippen molar-refractivity contribution in [3.8, 4) is 5.75 Å². The normalized spacial score (nSPS) is 15.3. The zero-order chi connectivity index (χ0) is 17.1. The van der Waals surface area contributed by atoms with Gasteiger partial charge in [-0.05, 0) is 35.7 Å². The average Bonchev–Trinajstić information content (AvgIpc) is 2.65. The summed E-state index contributed by atoms with van der Waals surface area (Å²) >= 11 is 0. The molecule has 0 atom stereocenters. The van der Waals surface area contributed by atoms with Gasteiger partial charge >= 0.3 is 5.97 Å². The molecule has 1 fully saturated rings. The van der Waals surface area contributed by atoms with Crippen LogP contribution in [0.1, 0.15) is 23.2 Å². The lowest BCUT2D eigenvalue weighted by atomic mass is 9.96. The van der Waals surface area contributed by atoms with Gasteiger partial charge in [0.1, 0.15) is 5.75 Å². The Bertz CT molecular complexity index is 763. The SMILES string of the molecule is COC(=O)C1CCN(C(=O)c2cc3ccccc3cc2OC)CC1. The number of fused-ring (bicyclic) bond motifs is 1. The molecule has 5 nitrogen and oxygen atoms in total. The van der Waals surface area contributed by atoms with Crippen LogP contribution < -0.4 is 4.74 Å². The van der Waals surface area contributed by atoms with E-state index in [-0.39, 0.29) is 17.8 Å². The standard InChI is InChI=1S/C19H21NO4/c1-23-17-12-15-6-4-3-5-14(15)11-16(17)18(21)20-9-7-13(8-10-20)19(22)24-2/h3-6,11-13H,7-10H2,1-2H3. The molecule has 1 aliphatic rings. The van der Waals surface area contributed by atoms with Gasteiger partial charge in [-0.25, -0.2) is 0 Å². The van der Waals surface area contributed by atoms with E-state index < -0.39 is 0 Å². The van der Waals surface area contributed by atoms with E-state index in [1.165, 1.54) is 7.11 Å². The highest BCUT2D eigenvalue weighted by atomic mass is 16.5. The highest BCUT2D eigenvalue weighted by Crippen LogP contribution is 2.28. The Kier molecular flexibility index (Phi) is 4.69. The molecule has 0 spiro atoms. The van der Waals surface area contributed by atoms with E-state index in [2.05, 4.69) is 0 Å². The van der Waals surface area contributed by atoms with Crippen molar-refractivity contribution in [3.05, 3.63) is 42.0 Å². The Hall–Kier alpha value is -2.56. The lowest BCUT2D eigenvalue weighted by Gasteiger charge is -2.31. The van der Waals surface area contributed by atoms with E-state index in [9.17, 15) is 9.59 Å². The second-order valence-corrected chi connectivity index (χ2v) is 5.99. The minimum atomic E-state index is -0.189. The lowest BCUT2D eigenvalue weighted by Crippen LogP contribution is -2.40. The second-order valence-electron chi connectivity index (χ2n) is 5.99. The summed E-state index contributed by atoms with van der Waals surface area (Å²) < 4.78 is 10.2. The van der Waals surface area contributed by atoms with Crippen LogP contribution in [-0.4, -0.2) is 44.1 Å². The summed E-state index contributed by atoms with van der Waals surface area (Å²) in [4.78, 5) is 26.3. The molecule has 2 aromatic carbocycles. The molecule has 1 aliphatic heterocycles. The zero-order valence-electron chi connectivity index (χ0n) is 14.0. The van der Waals surface area contributed by atoms with Crippen molar-refractivity contribution in [2.75, 3.05) is 27.3 Å². The molecule has 0 aliphatic carbocycles. The van der Waals surface area contributed by atoms with Gasteiger partial charge in [0.15, 0.2) is 0 Å². The molecule has 0 radical (unpaired) electrons. The van der Waals surface area contributed by atoms with Gasteiger partial charge in [0.05, 0.1) is 25.7 Å². The van der Waals surface area contributed by atoms with Crippen LogP contribution in [0.2, 0.25) is 0 Å². The number of hydrogen-bond donors (Lipinski definition) is 0. The van der Waals surface area contributed by atoms with Crippen molar-refractivity contribution in [1.82, 2.24) is 4.90 Å². The highest BCUT2D eigenvalue weighted by molar-refractivity contribution is 6.01. The monoisotopic (exact) mass is 327 g/mol. The largest absolute Gasteiger partial charge is 0.496 e. The number of carbonyl (C=O) groups is 2. The molecule has 0 bridgehead atoms. The number of ether oxygens (including phenoxy) is 2. The number of benzene rings is 2. The maximum atomic E-state index is 12.9. The predicted molar refractivity (Wildman–Crippen MR) is 91.1 cm³/mol. The van der Waals surface area contributed by atoms with Crippen LogP contribution >= 0.6 is 0 Å². The van der Waals surface area contributed by atoms with Crippen LogP contribution in [0.15, 0.2) is 36.4 Å². The quantitative estimate of drug-likeness (QED) is 0.814. The van der Waals surface area contributed by atoms with Gasteiger partial charge in [0, 0.05) is 13.1 Å². The van der Waals surface area contributed by atoms with Crippen molar-refractivity contribution < 1.29 is 19.1 Å². The zero-order valence-corrected chi connectivity index (χ0v) is 14.0.